The Morgan fingerprint density at radius 3 is 2.84 bits per heavy atom. The van der Waals surface area contributed by atoms with Gasteiger partial charge >= 0.3 is 0 Å². The zero-order valence-electron chi connectivity index (χ0n) is 11.4. The molecule has 0 aliphatic rings. The van der Waals surface area contributed by atoms with Crippen LogP contribution in [0.1, 0.15) is 30.6 Å². The van der Waals surface area contributed by atoms with Gasteiger partial charge in [0.2, 0.25) is 0 Å². The number of pyridine rings is 1. The number of carbonyl (C=O) groups is 1. The van der Waals surface area contributed by atoms with Crippen molar-refractivity contribution in [2.45, 2.75) is 20.3 Å². The van der Waals surface area contributed by atoms with Gasteiger partial charge in [-0.15, -0.1) is 0 Å². The number of amides is 1. The molecule has 0 fully saturated rings. The molecule has 1 aromatic heterocycles. The monoisotopic (exact) mass is 284 g/mol. The van der Waals surface area contributed by atoms with Gasteiger partial charge in [0.15, 0.2) is 0 Å². The fraction of sp³-hybridized carbons (Fsp3) is 0.538. The Balaban J connectivity index is 2.49. The number of nitrogens with two attached hydrogens (primary N) is 1. The van der Waals surface area contributed by atoms with Gasteiger partial charge in [-0.05, 0) is 25.6 Å². The second-order valence-corrected chi connectivity index (χ2v) is 4.67. The number of aromatic nitrogens is 1. The first-order chi connectivity index (χ1) is 9.08. The van der Waals surface area contributed by atoms with Gasteiger partial charge in [-0.1, -0.05) is 25.4 Å². The van der Waals surface area contributed by atoms with Gasteiger partial charge in [0.05, 0.1) is 17.4 Å². The summed E-state index contributed by atoms with van der Waals surface area (Å²) in [4.78, 5) is 18.1. The molecule has 0 radical (unpaired) electrons. The van der Waals surface area contributed by atoms with Crippen molar-refractivity contribution in [3.63, 3.8) is 0 Å². The lowest BCUT2D eigenvalue weighted by atomic mass is 10.2. The smallest absolute Gasteiger partial charge is 0.253 e. The zero-order valence-corrected chi connectivity index (χ0v) is 12.2. The molecule has 0 aliphatic heterocycles. The van der Waals surface area contributed by atoms with E-state index in [0.717, 1.165) is 26.1 Å². The lowest BCUT2D eigenvalue weighted by Gasteiger charge is -2.19. The summed E-state index contributed by atoms with van der Waals surface area (Å²) < 4.78 is 0. The minimum Gasteiger partial charge on any atom is -0.397 e. The molecule has 0 aliphatic carbocycles. The fourth-order valence-corrected chi connectivity index (χ4v) is 1.96. The van der Waals surface area contributed by atoms with Crippen molar-refractivity contribution < 1.29 is 4.79 Å². The molecule has 0 atom stereocenters. The maximum absolute atomic E-state index is 11.9. The number of rotatable bonds is 7. The van der Waals surface area contributed by atoms with Crippen LogP contribution in [0.15, 0.2) is 12.3 Å². The maximum Gasteiger partial charge on any atom is 0.253 e. The molecule has 0 spiro atoms. The van der Waals surface area contributed by atoms with E-state index in [9.17, 15) is 4.79 Å². The molecule has 0 bridgehead atoms. The van der Waals surface area contributed by atoms with Crippen LogP contribution in [-0.4, -0.2) is 42.0 Å². The Hall–Kier alpha value is -1.33. The number of nitrogens with zero attached hydrogens (tertiary/aromatic N) is 2. The van der Waals surface area contributed by atoms with Crippen LogP contribution in [0.3, 0.4) is 0 Å². The number of hydrogen-bond donors (Lipinski definition) is 2. The molecule has 106 valence electrons. The van der Waals surface area contributed by atoms with E-state index in [0.29, 0.717) is 17.8 Å². The fourth-order valence-electron chi connectivity index (χ4n) is 1.80. The number of anilines is 1. The van der Waals surface area contributed by atoms with Crippen molar-refractivity contribution >= 4 is 23.2 Å². The Kier molecular flexibility index (Phi) is 6.59. The average Bonchev–Trinajstić information content (AvgIpc) is 2.40. The van der Waals surface area contributed by atoms with E-state index in [1.54, 1.807) is 0 Å². The van der Waals surface area contributed by atoms with Gasteiger partial charge in [-0.2, -0.15) is 0 Å². The van der Waals surface area contributed by atoms with E-state index in [1.165, 1.54) is 12.3 Å². The van der Waals surface area contributed by atoms with Crippen LogP contribution in [0.4, 0.5) is 5.69 Å². The topological polar surface area (TPSA) is 71.2 Å². The lowest BCUT2D eigenvalue weighted by molar-refractivity contribution is 0.0949. The summed E-state index contributed by atoms with van der Waals surface area (Å²) in [5.74, 6) is -0.214. The van der Waals surface area contributed by atoms with Crippen molar-refractivity contribution in [2.24, 2.45) is 0 Å². The van der Waals surface area contributed by atoms with Gasteiger partial charge < -0.3 is 16.0 Å². The van der Waals surface area contributed by atoms with Crippen molar-refractivity contribution in [3.05, 3.63) is 23.0 Å². The van der Waals surface area contributed by atoms with Crippen LogP contribution in [0.5, 0.6) is 0 Å². The molecular weight excluding hydrogens is 264 g/mol. The summed E-state index contributed by atoms with van der Waals surface area (Å²) in [7, 11) is 0. The predicted octanol–water partition coefficient (Wildman–Crippen LogP) is 1.78. The number of nitrogen functional groups attached to an aromatic ring is 1. The highest BCUT2D eigenvalue weighted by Gasteiger charge is 2.11. The zero-order chi connectivity index (χ0) is 14.3. The van der Waals surface area contributed by atoms with Crippen molar-refractivity contribution in [1.82, 2.24) is 15.2 Å². The number of nitrogens with one attached hydrogen (secondary N) is 1. The SMILES string of the molecule is CCCN(CC)CCNC(=O)c1cc(Cl)ncc1N. The van der Waals surface area contributed by atoms with Gasteiger partial charge in [0.25, 0.3) is 5.91 Å². The highest BCUT2D eigenvalue weighted by atomic mass is 35.5. The second-order valence-electron chi connectivity index (χ2n) is 4.28. The van der Waals surface area contributed by atoms with Crippen molar-refractivity contribution in [2.75, 3.05) is 31.9 Å². The molecule has 1 heterocycles. The molecule has 0 saturated carbocycles. The van der Waals surface area contributed by atoms with Gasteiger partial charge in [-0.3, -0.25) is 4.79 Å². The quantitative estimate of drug-likeness (QED) is 0.749. The molecule has 0 saturated heterocycles. The molecule has 1 aromatic rings. The van der Waals surface area contributed by atoms with E-state index in [2.05, 4.69) is 29.0 Å². The molecule has 1 rings (SSSR count). The Morgan fingerprint density at radius 1 is 1.47 bits per heavy atom. The number of halogens is 1. The first kappa shape index (κ1) is 15.7. The van der Waals surface area contributed by atoms with E-state index in [1.807, 2.05) is 0 Å². The van der Waals surface area contributed by atoms with E-state index in [-0.39, 0.29) is 11.1 Å². The first-order valence-electron chi connectivity index (χ1n) is 6.50. The molecule has 1 amide bonds. The van der Waals surface area contributed by atoms with Crippen molar-refractivity contribution in [1.29, 1.82) is 0 Å². The Bertz CT molecular complexity index is 425. The predicted molar refractivity (Wildman–Crippen MR) is 78.4 cm³/mol. The van der Waals surface area contributed by atoms with Crippen LogP contribution in [0.2, 0.25) is 5.15 Å². The van der Waals surface area contributed by atoms with E-state index in [4.69, 9.17) is 17.3 Å². The highest BCUT2D eigenvalue weighted by Crippen LogP contribution is 2.14. The first-order valence-corrected chi connectivity index (χ1v) is 6.87. The summed E-state index contributed by atoms with van der Waals surface area (Å²) >= 11 is 5.75. The third kappa shape index (κ3) is 5.04. The molecular formula is C13H21ClN4O. The molecule has 0 unspecified atom stereocenters. The van der Waals surface area contributed by atoms with Crippen LogP contribution in [0, 0.1) is 0 Å². The molecule has 6 heteroatoms. The third-order valence-corrected chi connectivity index (χ3v) is 3.05. The Labute approximate surface area is 119 Å². The third-order valence-electron chi connectivity index (χ3n) is 2.85. The summed E-state index contributed by atoms with van der Waals surface area (Å²) in [6.07, 6.45) is 2.50. The van der Waals surface area contributed by atoms with Crippen LogP contribution in [-0.2, 0) is 0 Å². The lowest BCUT2D eigenvalue weighted by Crippen LogP contribution is -2.35. The molecule has 3 N–H and O–H groups in total. The summed E-state index contributed by atoms with van der Waals surface area (Å²) in [5.41, 5.74) is 6.41. The van der Waals surface area contributed by atoms with Gasteiger partial charge in [-0.25, -0.2) is 4.98 Å². The average molecular weight is 285 g/mol. The highest BCUT2D eigenvalue weighted by molar-refractivity contribution is 6.29. The molecule has 0 aromatic carbocycles. The van der Waals surface area contributed by atoms with Gasteiger partial charge in [0, 0.05) is 13.1 Å². The summed E-state index contributed by atoms with van der Waals surface area (Å²) in [6.45, 7) is 7.68. The molecule has 5 nitrogen and oxygen atoms in total. The van der Waals surface area contributed by atoms with Crippen LogP contribution < -0.4 is 11.1 Å². The normalized spacial score (nSPS) is 10.7. The van der Waals surface area contributed by atoms with E-state index >= 15 is 0 Å². The Morgan fingerprint density at radius 2 is 2.21 bits per heavy atom. The second kappa shape index (κ2) is 7.96. The maximum atomic E-state index is 11.9. The minimum atomic E-state index is -0.214. The largest absolute Gasteiger partial charge is 0.397 e. The number of carbonyl (C=O) groups excluding carboxylic acids is 1. The van der Waals surface area contributed by atoms with Gasteiger partial charge in [0.1, 0.15) is 5.15 Å². The standard InChI is InChI=1S/C13H21ClN4O/c1-3-6-18(4-2)7-5-16-13(19)10-8-12(14)17-9-11(10)15/h8-9H,3-7,15H2,1-2H3,(H,16,19). The summed E-state index contributed by atoms with van der Waals surface area (Å²) in [5, 5.41) is 3.11. The summed E-state index contributed by atoms with van der Waals surface area (Å²) in [6, 6.07) is 1.48. The number of hydrogen-bond acceptors (Lipinski definition) is 4. The number of likely N-dealkylation sites (N-methyl/N-ethyl adjacent to an activating group) is 1. The molecule has 19 heavy (non-hydrogen) atoms. The van der Waals surface area contributed by atoms with Crippen molar-refractivity contribution in [3.8, 4) is 0 Å². The van der Waals surface area contributed by atoms with E-state index < -0.39 is 0 Å². The van der Waals surface area contributed by atoms with Crippen LogP contribution in [0.25, 0.3) is 0 Å². The minimum absolute atomic E-state index is 0.214. The van der Waals surface area contributed by atoms with Crippen LogP contribution >= 0.6 is 11.6 Å².